The molecule has 1 atom stereocenters. The van der Waals surface area contributed by atoms with Crippen LogP contribution >= 0.6 is 11.8 Å². The van der Waals surface area contributed by atoms with Gasteiger partial charge in [-0.2, -0.15) is 13.2 Å². The second kappa shape index (κ2) is 6.07. The summed E-state index contributed by atoms with van der Waals surface area (Å²) in [6, 6.07) is 9.71. The summed E-state index contributed by atoms with van der Waals surface area (Å²) in [5, 5.41) is 10.1. The van der Waals surface area contributed by atoms with Crippen LogP contribution in [0.15, 0.2) is 47.4 Å². The van der Waals surface area contributed by atoms with Crippen LogP contribution in [0.4, 0.5) is 17.6 Å². The van der Waals surface area contributed by atoms with E-state index in [1.165, 1.54) is 30.3 Å². The molecule has 0 heterocycles. The lowest BCUT2D eigenvalue weighted by molar-refractivity contribution is -0.0328. The third kappa shape index (κ3) is 4.22. The molecule has 0 aliphatic carbocycles. The average molecular weight is 316 g/mol. The van der Waals surface area contributed by atoms with Crippen LogP contribution in [0, 0.1) is 12.7 Å². The molecule has 0 saturated heterocycles. The largest absolute Gasteiger partial charge is 0.446 e. The number of alkyl halides is 3. The molecule has 1 unspecified atom stereocenters. The van der Waals surface area contributed by atoms with E-state index >= 15 is 0 Å². The molecule has 0 fully saturated rings. The van der Waals surface area contributed by atoms with Crippen LogP contribution in [0.25, 0.3) is 0 Å². The van der Waals surface area contributed by atoms with Gasteiger partial charge in [-0.1, -0.05) is 24.3 Å². The molecule has 0 aromatic heterocycles. The first-order valence-corrected chi connectivity index (χ1v) is 6.88. The third-order valence-corrected chi connectivity index (χ3v) is 3.68. The minimum Gasteiger partial charge on any atom is -0.384 e. The summed E-state index contributed by atoms with van der Waals surface area (Å²) in [5.74, 6) is -0.434. The van der Waals surface area contributed by atoms with E-state index in [1.54, 1.807) is 19.1 Å². The Morgan fingerprint density at radius 1 is 1.00 bits per heavy atom. The van der Waals surface area contributed by atoms with Gasteiger partial charge in [-0.3, -0.25) is 0 Å². The van der Waals surface area contributed by atoms with E-state index in [1.807, 2.05) is 0 Å². The second-order valence-corrected chi connectivity index (χ2v) is 5.67. The lowest BCUT2D eigenvalue weighted by Crippen LogP contribution is -2.02. The highest BCUT2D eigenvalue weighted by molar-refractivity contribution is 8.00. The smallest absolute Gasteiger partial charge is 0.384 e. The van der Waals surface area contributed by atoms with Gasteiger partial charge in [0.15, 0.2) is 0 Å². The van der Waals surface area contributed by atoms with Crippen LogP contribution in [0.2, 0.25) is 0 Å². The zero-order valence-electron chi connectivity index (χ0n) is 11.0. The molecular formula is C15H12F4OS. The number of hydrogen-bond donors (Lipinski definition) is 1. The van der Waals surface area contributed by atoms with Gasteiger partial charge < -0.3 is 5.11 Å². The molecule has 2 aromatic carbocycles. The first-order chi connectivity index (χ1) is 9.76. The van der Waals surface area contributed by atoms with E-state index in [-0.39, 0.29) is 16.7 Å². The van der Waals surface area contributed by atoms with Crippen molar-refractivity contribution in [3.63, 3.8) is 0 Å². The predicted octanol–water partition coefficient (Wildman–Crippen LogP) is 4.83. The predicted molar refractivity (Wildman–Crippen MR) is 73.6 cm³/mol. The van der Waals surface area contributed by atoms with Crippen LogP contribution in [-0.4, -0.2) is 10.6 Å². The lowest BCUT2D eigenvalue weighted by Gasteiger charge is -2.13. The Hall–Kier alpha value is -1.53. The van der Waals surface area contributed by atoms with E-state index < -0.39 is 17.4 Å². The van der Waals surface area contributed by atoms with Crippen LogP contribution in [0.1, 0.15) is 22.8 Å². The Morgan fingerprint density at radius 3 is 2.10 bits per heavy atom. The standard InChI is InChI=1S/C15H12F4OS/c1-9-2-3-11(8-13(9)16)14(20)10-4-6-12(7-5-10)21-15(17,18)19/h2-8,14,20H,1H3. The van der Waals surface area contributed by atoms with Crippen molar-refractivity contribution in [3.05, 3.63) is 65.0 Å². The highest BCUT2D eigenvalue weighted by Crippen LogP contribution is 2.37. The van der Waals surface area contributed by atoms with Crippen molar-refractivity contribution >= 4 is 11.8 Å². The van der Waals surface area contributed by atoms with Crippen LogP contribution in [-0.2, 0) is 0 Å². The SMILES string of the molecule is Cc1ccc(C(O)c2ccc(SC(F)(F)F)cc2)cc1F. The molecule has 0 spiro atoms. The van der Waals surface area contributed by atoms with Gasteiger partial charge in [0, 0.05) is 4.90 Å². The van der Waals surface area contributed by atoms with Gasteiger partial charge >= 0.3 is 5.51 Å². The number of aryl methyl sites for hydroxylation is 1. The Labute approximate surface area is 123 Å². The summed E-state index contributed by atoms with van der Waals surface area (Å²) in [6.07, 6.45) is -1.08. The molecule has 6 heteroatoms. The average Bonchev–Trinajstić information content (AvgIpc) is 2.40. The van der Waals surface area contributed by atoms with Crippen LogP contribution < -0.4 is 0 Å². The van der Waals surface area contributed by atoms with Gasteiger partial charge in [-0.15, -0.1) is 0 Å². The van der Waals surface area contributed by atoms with E-state index in [2.05, 4.69) is 0 Å². The first-order valence-electron chi connectivity index (χ1n) is 6.06. The highest BCUT2D eigenvalue weighted by atomic mass is 32.2. The molecule has 112 valence electrons. The maximum Gasteiger partial charge on any atom is 0.446 e. The highest BCUT2D eigenvalue weighted by Gasteiger charge is 2.29. The second-order valence-electron chi connectivity index (χ2n) is 4.53. The fourth-order valence-corrected chi connectivity index (χ4v) is 2.36. The minimum absolute atomic E-state index is 0.0357. The Bertz CT molecular complexity index is 623. The van der Waals surface area contributed by atoms with Crippen molar-refractivity contribution in [1.82, 2.24) is 0 Å². The number of halogens is 4. The van der Waals surface area contributed by atoms with Gasteiger partial charge in [0.2, 0.25) is 0 Å². The third-order valence-electron chi connectivity index (χ3n) is 2.94. The molecule has 0 aliphatic heterocycles. The molecular weight excluding hydrogens is 304 g/mol. The van der Waals surface area contributed by atoms with Crippen molar-refractivity contribution in [2.24, 2.45) is 0 Å². The molecule has 0 saturated carbocycles. The van der Waals surface area contributed by atoms with Gasteiger partial charge in [0.1, 0.15) is 11.9 Å². The van der Waals surface area contributed by atoms with Crippen LogP contribution in [0.3, 0.4) is 0 Å². The van der Waals surface area contributed by atoms with Crippen molar-refractivity contribution in [3.8, 4) is 0 Å². The number of benzene rings is 2. The first kappa shape index (κ1) is 15.9. The summed E-state index contributed by atoms with van der Waals surface area (Å²) >= 11 is -0.220. The minimum atomic E-state index is -4.35. The molecule has 1 N–H and O–H groups in total. The van der Waals surface area contributed by atoms with Crippen LogP contribution in [0.5, 0.6) is 0 Å². The Morgan fingerprint density at radius 2 is 1.57 bits per heavy atom. The monoisotopic (exact) mass is 316 g/mol. The van der Waals surface area contributed by atoms with Gasteiger partial charge in [-0.25, -0.2) is 4.39 Å². The molecule has 0 bridgehead atoms. The maximum absolute atomic E-state index is 13.5. The Kier molecular flexibility index (Phi) is 4.58. The zero-order chi connectivity index (χ0) is 15.6. The summed E-state index contributed by atoms with van der Waals surface area (Å²) < 4.78 is 50.1. The molecule has 0 amide bonds. The Balaban J connectivity index is 2.19. The van der Waals surface area contributed by atoms with Gasteiger partial charge in [0.25, 0.3) is 0 Å². The maximum atomic E-state index is 13.5. The molecule has 0 radical (unpaired) electrons. The normalized spacial score (nSPS) is 13.2. The van der Waals surface area contributed by atoms with Crippen molar-refractivity contribution in [2.45, 2.75) is 23.4 Å². The molecule has 2 aromatic rings. The number of rotatable bonds is 3. The number of aliphatic hydroxyl groups excluding tert-OH is 1. The summed E-state index contributed by atoms with van der Waals surface area (Å²) in [5.41, 5.74) is -3.12. The van der Waals surface area contributed by atoms with E-state index in [0.717, 1.165) is 0 Å². The van der Waals surface area contributed by atoms with E-state index in [0.29, 0.717) is 16.7 Å². The summed E-state index contributed by atoms with van der Waals surface area (Å²) in [4.78, 5) is 0.0357. The number of thioether (sulfide) groups is 1. The number of aliphatic hydroxyl groups is 1. The fourth-order valence-electron chi connectivity index (χ4n) is 1.82. The summed E-state index contributed by atoms with van der Waals surface area (Å²) in [6.45, 7) is 1.61. The van der Waals surface area contributed by atoms with Crippen molar-refractivity contribution in [2.75, 3.05) is 0 Å². The van der Waals surface area contributed by atoms with E-state index in [9.17, 15) is 22.7 Å². The number of hydrogen-bond acceptors (Lipinski definition) is 2. The molecule has 0 aliphatic rings. The summed E-state index contributed by atoms with van der Waals surface area (Å²) in [7, 11) is 0. The topological polar surface area (TPSA) is 20.2 Å². The fraction of sp³-hybridized carbons (Fsp3) is 0.200. The molecule has 2 rings (SSSR count). The van der Waals surface area contributed by atoms with Crippen molar-refractivity contribution in [1.29, 1.82) is 0 Å². The zero-order valence-corrected chi connectivity index (χ0v) is 11.8. The lowest BCUT2D eigenvalue weighted by atomic mass is 10.0. The van der Waals surface area contributed by atoms with Gasteiger partial charge in [-0.05, 0) is 53.6 Å². The molecule has 21 heavy (non-hydrogen) atoms. The molecule has 1 nitrogen and oxygen atoms in total. The van der Waals surface area contributed by atoms with Crippen molar-refractivity contribution < 1.29 is 22.7 Å². The van der Waals surface area contributed by atoms with Gasteiger partial charge in [0.05, 0.1) is 0 Å². The van der Waals surface area contributed by atoms with E-state index in [4.69, 9.17) is 0 Å². The quantitative estimate of drug-likeness (QED) is 0.646.